The number of alkyl halides is 3. The van der Waals surface area contributed by atoms with Gasteiger partial charge in [-0.25, -0.2) is 4.98 Å². The molecule has 3 atom stereocenters. The topological polar surface area (TPSA) is 37.9 Å². The molecular weight excluding hydrogens is 401 g/mol. The Morgan fingerprint density at radius 1 is 1.31 bits per heavy atom. The van der Waals surface area contributed by atoms with Crippen LogP contribution in [-0.4, -0.2) is 22.8 Å². The standard InChI is InChI=1S/C22H22ClF3N2O/c1-3-21(10-17(13(21)2)22(24,25)26)12-29-15-6-4-5-14(9-15)16-11-28-18-7-8-27-20(23)19(16)18/h4-9,11,13,17,28H,3,10,12H2,1-2H3. The lowest BCUT2D eigenvalue weighted by atomic mass is 9.53. The zero-order chi connectivity index (χ0) is 20.8. The van der Waals surface area contributed by atoms with E-state index in [0.717, 1.165) is 22.0 Å². The van der Waals surface area contributed by atoms with Crippen molar-refractivity contribution in [1.29, 1.82) is 0 Å². The lowest BCUT2D eigenvalue weighted by Crippen LogP contribution is -2.55. The molecule has 0 spiro atoms. The third-order valence-corrected chi connectivity index (χ3v) is 6.82. The van der Waals surface area contributed by atoms with Gasteiger partial charge in [0.2, 0.25) is 0 Å². The van der Waals surface area contributed by atoms with Crippen LogP contribution in [0.1, 0.15) is 26.7 Å². The summed E-state index contributed by atoms with van der Waals surface area (Å²) in [6.07, 6.45) is 0.151. The van der Waals surface area contributed by atoms with Gasteiger partial charge in [-0.1, -0.05) is 37.6 Å². The quantitative estimate of drug-likeness (QED) is 0.455. The van der Waals surface area contributed by atoms with E-state index in [0.29, 0.717) is 17.3 Å². The maximum atomic E-state index is 13.1. The van der Waals surface area contributed by atoms with Crippen LogP contribution in [0, 0.1) is 17.3 Å². The summed E-state index contributed by atoms with van der Waals surface area (Å²) in [7, 11) is 0. The van der Waals surface area contributed by atoms with E-state index in [9.17, 15) is 13.2 Å². The number of H-pyrrole nitrogens is 1. The van der Waals surface area contributed by atoms with E-state index in [2.05, 4.69) is 9.97 Å². The molecule has 2 aromatic heterocycles. The van der Waals surface area contributed by atoms with Crippen molar-refractivity contribution in [3.05, 3.63) is 47.9 Å². The summed E-state index contributed by atoms with van der Waals surface area (Å²) in [6, 6.07) is 9.38. The molecule has 29 heavy (non-hydrogen) atoms. The zero-order valence-electron chi connectivity index (χ0n) is 16.2. The molecule has 0 radical (unpaired) electrons. The van der Waals surface area contributed by atoms with Gasteiger partial charge in [-0.05, 0) is 42.5 Å². The molecule has 7 heteroatoms. The molecule has 1 N–H and O–H groups in total. The number of fused-ring (bicyclic) bond motifs is 1. The first kappa shape index (κ1) is 20.1. The predicted molar refractivity (Wildman–Crippen MR) is 108 cm³/mol. The molecule has 1 aliphatic carbocycles. The first-order valence-corrected chi connectivity index (χ1v) is 10.0. The summed E-state index contributed by atoms with van der Waals surface area (Å²) in [4.78, 5) is 7.33. The Kier molecular flexibility index (Phi) is 5.01. The number of hydrogen-bond donors (Lipinski definition) is 1. The maximum Gasteiger partial charge on any atom is 0.392 e. The van der Waals surface area contributed by atoms with Gasteiger partial charge < -0.3 is 9.72 Å². The van der Waals surface area contributed by atoms with Crippen molar-refractivity contribution in [1.82, 2.24) is 9.97 Å². The Morgan fingerprint density at radius 3 is 2.79 bits per heavy atom. The Bertz CT molecular complexity index is 1030. The maximum absolute atomic E-state index is 13.1. The number of nitrogens with zero attached hydrogens (tertiary/aromatic N) is 1. The molecule has 154 valence electrons. The number of ether oxygens (including phenoxy) is 1. The second-order valence-electron chi connectivity index (χ2n) is 7.90. The van der Waals surface area contributed by atoms with Crippen molar-refractivity contribution in [2.75, 3.05) is 6.61 Å². The third kappa shape index (κ3) is 3.48. The van der Waals surface area contributed by atoms with E-state index in [1.165, 1.54) is 0 Å². The molecule has 1 saturated carbocycles. The van der Waals surface area contributed by atoms with E-state index in [4.69, 9.17) is 16.3 Å². The number of benzene rings is 1. The van der Waals surface area contributed by atoms with Crippen LogP contribution in [-0.2, 0) is 0 Å². The van der Waals surface area contributed by atoms with Crippen LogP contribution >= 0.6 is 11.6 Å². The average molecular weight is 423 g/mol. The van der Waals surface area contributed by atoms with E-state index >= 15 is 0 Å². The van der Waals surface area contributed by atoms with Crippen LogP contribution in [0.4, 0.5) is 13.2 Å². The Hall–Kier alpha value is -2.21. The van der Waals surface area contributed by atoms with Crippen LogP contribution in [0.3, 0.4) is 0 Å². The van der Waals surface area contributed by atoms with Gasteiger partial charge in [0.05, 0.1) is 18.0 Å². The highest BCUT2D eigenvalue weighted by atomic mass is 35.5. The van der Waals surface area contributed by atoms with E-state index in [1.807, 2.05) is 43.5 Å². The highest BCUT2D eigenvalue weighted by Crippen LogP contribution is 2.58. The third-order valence-electron chi connectivity index (χ3n) is 6.54. The van der Waals surface area contributed by atoms with Crippen LogP contribution < -0.4 is 4.74 Å². The minimum Gasteiger partial charge on any atom is -0.493 e. The monoisotopic (exact) mass is 422 g/mol. The number of rotatable bonds is 5. The average Bonchev–Trinajstić information content (AvgIpc) is 3.12. The number of nitrogens with one attached hydrogen (secondary N) is 1. The molecule has 1 aliphatic rings. The fourth-order valence-electron chi connectivity index (χ4n) is 4.47. The minimum absolute atomic E-state index is 0.123. The number of hydrogen-bond acceptors (Lipinski definition) is 2. The molecule has 0 aliphatic heterocycles. The Morgan fingerprint density at radius 2 is 2.10 bits per heavy atom. The Labute approximate surface area is 172 Å². The van der Waals surface area contributed by atoms with Crippen molar-refractivity contribution in [3.63, 3.8) is 0 Å². The van der Waals surface area contributed by atoms with Gasteiger partial charge in [0.25, 0.3) is 0 Å². The molecule has 0 saturated heterocycles. The van der Waals surface area contributed by atoms with Crippen LogP contribution in [0.5, 0.6) is 5.75 Å². The molecule has 0 bridgehead atoms. The molecule has 3 nitrogen and oxygen atoms in total. The second-order valence-corrected chi connectivity index (χ2v) is 8.26. The molecule has 3 aromatic rings. The fraction of sp³-hybridized carbons (Fsp3) is 0.409. The van der Waals surface area contributed by atoms with E-state index in [-0.39, 0.29) is 13.0 Å². The molecule has 1 fully saturated rings. The molecule has 4 rings (SSSR count). The van der Waals surface area contributed by atoms with Crippen molar-refractivity contribution in [3.8, 4) is 16.9 Å². The van der Waals surface area contributed by atoms with Crippen LogP contribution in [0.15, 0.2) is 42.7 Å². The van der Waals surface area contributed by atoms with Crippen LogP contribution in [0.25, 0.3) is 22.0 Å². The smallest absolute Gasteiger partial charge is 0.392 e. The van der Waals surface area contributed by atoms with Gasteiger partial charge in [-0.2, -0.15) is 13.2 Å². The van der Waals surface area contributed by atoms with Gasteiger partial charge in [-0.3, -0.25) is 0 Å². The number of aromatic nitrogens is 2. The van der Waals surface area contributed by atoms with Crippen molar-refractivity contribution >= 4 is 22.5 Å². The van der Waals surface area contributed by atoms with Gasteiger partial charge in [-0.15, -0.1) is 0 Å². The first-order valence-electron chi connectivity index (χ1n) is 9.67. The van der Waals surface area contributed by atoms with E-state index in [1.54, 1.807) is 13.1 Å². The van der Waals surface area contributed by atoms with Crippen LogP contribution in [0.2, 0.25) is 5.15 Å². The highest BCUT2D eigenvalue weighted by Gasteiger charge is 2.60. The normalized spacial score (nSPS) is 24.5. The second kappa shape index (κ2) is 7.24. The van der Waals surface area contributed by atoms with Crippen molar-refractivity contribution in [2.45, 2.75) is 32.9 Å². The molecule has 0 amide bonds. The molecule has 1 aromatic carbocycles. The molecule has 2 heterocycles. The first-order chi connectivity index (χ1) is 13.7. The summed E-state index contributed by atoms with van der Waals surface area (Å²) >= 11 is 6.27. The number of aromatic amines is 1. The van der Waals surface area contributed by atoms with Crippen molar-refractivity contribution < 1.29 is 17.9 Å². The summed E-state index contributed by atoms with van der Waals surface area (Å²) in [5.74, 6) is -1.06. The summed E-state index contributed by atoms with van der Waals surface area (Å²) in [6.45, 7) is 3.90. The predicted octanol–water partition coefficient (Wildman–Crippen LogP) is 6.88. The summed E-state index contributed by atoms with van der Waals surface area (Å²) in [5.41, 5.74) is 2.26. The summed E-state index contributed by atoms with van der Waals surface area (Å²) in [5, 5.41) is 1.24. The fourth-order valence-corrected chi connectivity index (χ4v) is 4.73. The highest BCUT2D eigenvalue weighted by molar-refractivity contribution is 6.35. The van der Waals surface area contributed by atoms with Crippen molar-refractivity contribution in [2.24, 2.45) is 17.3 Å². The SMILES string of the molecule is CCC1(COc2cccc(-c3c[nH]c4ccnc(Cl)c34)c2)CC(C(F)(F)F)C1C. The van der Waals surface area contributed by atoms with Gasteiger partial charge >= 0.3 is 6.18 Å². The summed E-state index contributed by atoms with van der Waals surface area (Å²) < 4.78 is 45.3. The zero-order valence-corrected chi connectivity index (χ0v) is 16.9. The molecular formula is C22H22ClF3N2O. The number of halogens is 4. The lowest BCUT2D eigenvalue weighted by Gasteiger charge is -2.53. The lowest BCUT2D eigenvalue weighted by molar-refractivity contribution is -0.253. The van der Waals surface area contributed by atoms with Gasteiger partial charge in [0, 0.05) is 28.8 Å². The van der Waals surface area contributed by atoms with E-state index < -0.39 is 23.4 Å². The number of pyridine rings is 1. The molecule has 3 unspecified atom stereocenters. The largest absolute Gasteiger partial charge is 0.493 e. The minimum atomic E-state index is -4.14. The Balaban J connectivity index is 1.54. The van der Waals surface area contributed by atoms with Gasteiger partial charge in [0.15, 0.2) is 0 Å². The van der Waals surface area contributed by atoms with Gasteiger partial charge in [0.1, 0.15) is 10.9 Å².